The predicted octanol–water partition coefficient (Wildman–Crippen LogP) is 3.49. The topological polar surface area (TPSA) is 81.2 Å². The van der Waals surface area contributed by atoms with Crippen molar-refractivity contribution in [2.45, 2.75) is 6.92 Å². The van der Waals surface area contributed by atoms with Crippen LogP contribution in [0.5, 0.6) is 0 Å². The monoisotopic (exact) mass is 347 g/mol. The lowest BCUT2D eigenvalue weighted by molar-refractivity contribution is 0.0600. The Morgan fingerprint density at radius 3 is 2.27 bits per heavy atom. The van der Waals surface area contributed by atoms with Crippen LogP contribution >= 0.6 is 0 Å². The quantitative estimate of drug-likeness (QED) is 0.731. The zero-order chi connectivity index (χ0) is 18.5. The van der Waals surface area contributed by atoms with Crippen molar-refractivity contribution >= 4 is 17.6 Å². The first-order chi connectivity index (χ1) is 12.6. The van der Waals surface area contributed by atoms with Gasteiger partial charge in [0.15, 0.2) is 5.82 Å². The molecule has 0 radical (unpaired) electrons. The van der Waals surface area contributed by atoms with Gasteiger partial charge in [-0.15, -0.1) is 0 Å². The van der Waals surface area contributed by atoms with E-state index in [0.29, 0.717) is 22.6 Å². The van der Waals surface area contributed by atoms with Crippen LogP contribution in [0.3, 0.4) is 0 Å². The van der Waals surface area contributed by atoms with Gasteiger partial charge >= 0.3 is 5.97 Å². The van der Waals surface area contributed by atoms with Gasteiger partial charge in [-0.05, 0) is 30.7 Å². The van der Waals surface area contributed by atoms with Gasteiger partial charge in [0.25, 0.3) is 5.91 Å². The molecule has 0 bridgehead atoms. The van der Waals surface area contributed by atoms with Crippen molar-refractivity contribution in [1.82, 2.24) is 9.97 Å². The number of nitrogens with one attached hydrogen (secondary N) is 1. The molecule has 26 heavy (non-hydrogen) atoms. The molecule has 0 saturated carbocycles. The second kappa shape index (κ2) is 7.57. The van der Waals surface area contributed by atoms with Gasteiger partial charge in [0.2, 0.25) is 0 Å². The molecule has 0 unspecified atom stereocenters. The zero-order valence-electron chi connectivity index (χ0n) is 14.4. The van der Waals surface area contributed by atoms with Crippen LogP contribution in [0.15, 0.2) is 60.9 Å². The number of carbonyl (C=O) groups excluding carboxylic acids is 2. The predicted molar refractivity (Wildman–Crippen MR) is 97.9 cm³/mol. The summed E-state index contributed by atoms with van der Waals surface area (Å²) in [5, 5.41) is 2.80. The third kappa shape index (κ3) is 3.75. The first-order valence-corrected chi connectivity index (χ1v) is 7.96. The average molecular weight is 347 g/mol. The van der Waals surface area contributed by atoms with Crippen molar-refractivity contribution in [3.05, 3.63) is 77.6 Å². The van der Waals surface area contributed by atoms with E-state index in [-0.39, 0.29) is 5.91 Å². The Labute approximate surface area is 150 Å². The fourth-order valence-electron chi connectivity index (χ4n) is 2.42. The molecule has 1 heterocycles. The van der Waals surface area contributed by atoms with Crippen molar-refractivity contribution in [3.63, 3.8) is 0 Å². The standard InChI is InChI=1S/C20H17N3O3/c1-13-10-15(20(25)26-2)8-9-17(13)23-19(24)16-11-21-18(22-12-16)14-6-4-3-5-7-14/h3-12H,1-2H3,(H,23,24). The minimum absolute atomic E-state index is 0.321. The molecule has 1 aromatic heterocycles. The number of rotatable bonds is 4. The fraction of sp³-hybridized carbons (Fsp3) is 0.100. The van der Waals surface area contributed by atoms with Gasteiger partial charge in [0, 0.05) is 23.6 Å². The van der Waals surface area contributed by atoms with Crippen LogP contribution in [0.1, 0.15) is 26.3 Å². The molecule has 2 aromatic carbocycles. The van der Waals surface area contributed by atoms with Crippen LogP contribution in [-0.4, -0.2) is 29.0 Å². The molecule has 3 rings (SSSR count). The second-order valence-electron chi connectivity index (χ2n) is 5.64. The number of carbonyl (C=O) groups is 2. The van der Waals surface area contributed by atoms with E-state index in [1.165, 1.54) is 19.5 Å². The van der Waals surface area contributed by atoms with Crippen LogP contribution in [0.25, 0.3) is 11.4 Å². The van der Waals surface area contributed by atoms with Crippen molar-refractivity contribution in [2.24, 2.45) is 0 Å². The lowest BCUT2D eigenvalue weighted by atomic mass is 10.1. The summed E-state index contributed by atoms with van der Waals surface area (Å²) in [6.07, 6.45) is 2.98. The number of benzene rings is 2. The van der Waals surface area contributed by atoms with Crippen LogP contribution in [0, 0.1) is 6.92 Å². The Kier molecular flexibility index (Phi) is 5.03. The maximum atomic E-state index is 12.4. The lowest BCUT2D eigenvalue weighted by Crippen LogP contribution is -2.14. The third-order valence-electron chi connectivity index (χ3n) is 3.84. The molecule has 3 aromatic rings. The molecule has 0 fully saturated rings. The molecule has 0 aliphatic rings. The van der Waals surface area contributed by atoms with E-state index in [1.807, 2.05) is 30.3 Å². The summed E-state index contributed by atoms with van der Waals surface area (Å²) in [5.41, 5.74) is 3.02. The van der Waals surface area contributed by atoms with E-state index >= 15 is 0 Å². The highest BCUT2D eigenvalue weighted by atomic mass is 16.5. The number of aromatic nitrogens is 2. The summed E-state index contributed by atoms with van der Waals surface area (Å²) in [5.74, 6) is -0.185. The van der Waals surface area contributed by atoms with Gasteiger partial charge < -0.3 is 10.1 Å². The van der Waals surface area contributed by atoms with Crippen LogP contribution < -0.4 is 5.32 Å². The maximum absolute atomic E-state index is 12.4. The Hall–Kier alpha value is -3.54. The highest BCUT2D eigenvalue weighted by Gasteiger charge is 2.12. The van der Waals surface area contributed by atoms with Gasteiger partial charge in [-0.25, -0.2) is 14.8 Å². The molecule has 0 atom stereocenters. The number of nitrogens with zero attached hydrogens (tertiary/aromatic N) is 2. The van der Waals surface area contributed by atoms with Crippen LogP contribution in [-0.2, 0) is 4.74 Å². The fourth-order valence-corrected chi connectivity index (χ4v) is 2.42. The van der Waals surface area contributed by atoms with Crippen molar-refractivity contribution in [2.75, 3.05) is 12.4 Å². The van der Waals surface area contributed by atoms with E-state index in [0.717, 1.165) is 11.1 Å². The second-order valence-corrected chi connectivity index (χ2v) is 5.64. The Balaban J connectivity index is 1.75. The number of hydrogen-bond donors (Lipinski definition) is 1. The average Bonchev–Trinajstić information content (AvgIpc) is 2.69. The van der Waals surface area contributed by atoms with Gasteiger partial charge in [-0.1, -0.05) is 30.3 Å². The van der Waals surface area contributed by atoms with E-state index in [2.05, 4.69) is 20.0 Å². The summed E-state index contributed by atoms with van der Waals surface area (Å²) in [6, 6.07) is 14.5. The number of hydrogen-bond acceptors (Lipinski definition) is 5. The summed E-state index contributed by atoms with van der Waals surface area (Å²) in [7, 11) is 1.33. The van der Waals surface area contributed by atoms with E-state index in [9.17, 15) is 9.59 Å². The molecule has 130 valence electrons. The van der Waals surface area contributed by atoms with Gasteiger partial charge in [-0.3, -0.25) is 4.79 Å². The minimum Gasteiger partial charge on any atom is -0.465 e. The molecule has 1 N–H and O–H groups in total. The first kappa shape index (κ1) is 17.3. The maximum Gasteiger partial charge on any atom is 0.337 e. The van der Waals surface area contributed by atoms with E-state index in [1.54, 1.807) is 25.1 Å². The molecular weight excluding hydrogens is 330 g/mol. The van der Waals surface area contributed by atoms with Gasteiger partial charge in [-0.2, -0.15) is 0 Å². The van der Waals surface area contributed by atoms with Crippen LogP contribution in [0.2, 0.25) is 0 Å². The number of esters is 1. The lowest BCUT2D eigenvalue weighted by Gasteiger charge is -2.10. The largest absolute Gasteiger partial charge is 0.465 e. The Morgan fingerprint density at radius 1 is 0.962 bits per heavy atom. The van der Waals surface area contributed by atoms with E-state index in [4.69, 9.17) is 0 Å². The van der Waals surface area contributed by atoms with E-state index < -0.39 is 5.97 Å². The number of anilines is 1. The third-order valence-corrected chi connectivity index (χ3v) is 3.84. The molecule has 6 nitrogen and oxygen atoms in total. The van der Waals surface area contributed by atoms with Crippen molar-refractivity contribution in [1.29, 1.82) is 0 Å². The van der Waals surface area contributed by atoms with Crippen molar-refractivity contribution < 1.29 is 14.3 Å². The highest BCUT2D eigenvalue weighted by Crippen LogP contribution is 2.19. The number of amides is 1. The summed E-state index contributed by atoms with van der Waals surface area (Å²) in [4.78, 5) is 32.4. The van der Waals surface area contributed by atoms with Crippen LogP contribution in [0.4, 0.5) is 5.69 Å². The summed E-state index contributed by atoms with van der Waals surface area (Å²) in [6.45, 7) is 1.80. The van der Waals surface area contributed by atoms with Gasteiger partial charge in [0.05, 0.1) is 18.2 Å². The molecular formula is C20H17N3O3. The normalized spacial score (nSPS) is 10.2. The number of ether oxygens (including phenoxy) is 1. The SMILES string of the molecule is COC(=O)c1ccc(NC(=O)c2cnc(-c3ccccc3)nc2)c(C)c1. The summed E-state index contributed by atoms with van der Waals surface area (Å²) >= 11 is 0. The molecule has 6 heteroatoms. The molecule has 1 amide bonds. The molecule has 0 saturated heterocycles. The zero-order valence-corrected chi connectivity index (χ0v) is 14.4. The van der Waals surface area contributed by atoms with Crippen molar-refractivity contribution in [3.8, 4) is 11.4 Å². The minimum atomic E-state index is -0.420. The highest BCUT2D eigenvalue weighted by molar-refractivity contribution is 6.04. The first-order valence-electron chi connectivity index (χ1n) is 7.96. The Morgan fingerprint density at radius 2 is 1.65 bits per heavy atom. The molecule has 0 aliphatic carbocycles. The number of aryl methyl sites for hydroxylation is 1. The van der Waals surface area contributed by atoms with Gasteiger partial charge in [0.1, 0.15) is 0 Å². The Bertz CT molecular complexity index is 938. The summed E-state index contributed by atoms with van der Waals surface area (Å²) < 4.78 is 4.69. The molecule has 0 aliphatic heterocycles. The molecule has 0 spiro atoms. The number of methoxy groups -OCH3 is 1. The smallest absolute Gasteiger partial charge is 0.337 e.